The summed E-state index contributed by atoms with van der Waals surface area (Å²) >= 11 is 0. The number of aliphatic hydroxyl groups excluding tert-OH is 1. The maximum atomic E-state index is 13.7. The number of carbonyl (C=O) groups excluding carboxylic acids is 6. The van der Waals surface area contributed by atoms with E-state index in [0.29, 0.717) is 38.5 Å². The van der Waals surface area contributed by atoms with Crippen molar-refractivity contribution in [1.29, 1.82) is 0 Å². The molecule has 0 bridgehead atoms. The van der Waals surface area contributed by atoms with Crippen molar-refractivity contribution in [3.05, 3.63) is 23.3 Å². The summed E-state index contributed by atoms with van der Waals surface area (Å²) in [5, 5.41) is 11.7. The van der Waals surface area contributed by atoms with Gasteiger partial charge in [-0.1, -0.05) is 81.4 Å². The van der Waals surface area contributed by atoms with E-state index in [-0.39, 0.29) is 73.2 Å². The minimum Gasteiger partial charge on any atom is -0.469 e. The summed E-state index contributed by atoms with van der Waals surface area (Å²) in [6.07, 6.45) is 1.79. The Morgan fingerprint density at radius 2 is 1.25 bits per heavy atom. The molecule has 2 aliphatic heterocycles. The van der Waals surface area contributed by atoms with Gasteiger partial charge in [-0.15, -0.1) is 0 Å². The molecule has 7 unspecified atom stereocenters. The zero-order chi connectivity index (χ0) is 50.8. The first-order valence-electron chi connectivity index (χ1n) is 24.6. The van der Waals surface area contributed by atoms with Crippen molar-refractivity contribution in [2.75, 3.05) is 14.2 Å². The van der Waals surface area contributed by atoms with Gasteiger partial charge < -0.3 is 43.0 Å². The summed E-state index contributed by atoms with van der Waals surface area (Å²) in [5.74, 6) is -5.11. The van der Waals surface area contributed by atoms with Gasteiger partial charge >= 0.3 is 35.8 Å². The van der Waals surface area contributed by atoms with E-state index in [4.69, 9.17) is 37.9 Å². The lowest BCUT2D eigenvalue weighted by atomic mass is 9.79. The molecule has 67 heavy (non-hydrogen) atoms. The maximum absolute atomic E-state index is 13.7. The average Bonchev–Trinajstić information content (AvgIpc) is 3.23. The number of hydrogen-bond donors (Lipinski definition) is 1. The van der Waals surface area contributed by atoms with E-state index in [1.807, 2.05) is 54.5 Å². The molecule has 1 N–H and O–H groups in total. The molecule has 2 heterocycles. The van der Waals surface area contributed by atoms with Gasteiger partial charge in [-0.05, 0) is 87.0 Å². The molecule has 0 aromatic rings. The largest absolute Gasteiger partial charge is 0.469 e. The third kappa shape index (κ3) is 20.4. The van der Waals surface area contributed by atoms with Gasteiger partial charge in [-0.3, -0.25) is 24.0 Å². The number of carbonyl (C=O) groups is 6. The smallest absolute Gasteiger partial charge is 0.333 e. The van der Waals surface area contributed by atoms with Gasteiger partial charge in [0.25, 0.3) is 0 Å². The number of esters is 6. The molecule has 2 aliphatic rings. The van der Waals surface area contributed by atoms with Crippen molar-refractivity contribution in [3.63, 3.8) is 0 Å². The highest BCUT2D eigenvalue weighted by Gasteiger charge is 2.51. The normalized spacial score (nSPS) is 24.9. The first-order valence-corrected chi connectivity index (χ1v) is 24.6. The lowest BCUT2D eigenvalue weighted by Crippen LogP contribution is -2.57. The molecule has 0 amide bonds. The summed E-state index contributed by atoms with van der Waals surface area (Å²) in [5.41, 5.74) is 1.06. The number of hydrogen-bond acceptors (Lipinski definition) is 15. The zero-order valence-corrected chi connectivity index (χ0v) is 43.4. The van der Waals surface area contributed by atoms with Crippen LogP contribution in [-0.4, -0.2) is 104 Å². The third-order valence-corrected chi connectivity index (χ3v) is 12.7. The lowest BCUT2D eigenvalue weighted by Gasteiger charge is -2.52. The zero-order valence-electron chi connectivity index (χ0n) is 43.4. The highest BCUT2D eigenvalue weighted by molar-refractivity contribution is 5.87. The van der Waals surface area contributed by atoms with Crippen LogP contribution in [-0.2, 0) is 66.7 Å². The first-order chi connectivity index (χ1) is 31.3. The van der Waals surface area contributed by atoms with E-state index < -0.39 is 90.2 Å². The van der Waals surface area contributed by atoms with Crippen molar-refractivity contribution in [1.82, 2.24) is 0 Å². The third-order valence-electron chi connectivity index (χ3n) is 12.7. The van der Waals surface area contributed by atoms with Crippen LogP contribution >= 0.6 is 0 Å². The van der Waals surface area contributed by atoms with Crippen LogP contribution in [0.4, 0.5) is 0 Å². The van der Waals surface area contributed by atoms with E-state index in [9.17, 15) is 33.9 Å². The van der Waals surface area contributed by atoms with Gasteiger partial charge in [0.2, 0.25) is 0 Å². The van der Waals surface area contributed by atoms with Crippen LogP contribution in [0.15, 0.2) is 23.3 Å². The number of methoxy groups -OCH3 is 2. The SMILES string of the molecule is CCC(=O)OC(C/C=C(\C)C(=O)OC)C(C)C(OC(C)=O)C(CC(C)C(OC(=O)CC(C)C)[C@H]1C[C@@H](C)C[C@@]2(C[C@@H](C)C[C@H]([C@H](O)/C(C)=C/CCC(C)CC(=O)OC)O2)O1)OC(=O)CC(C)C. The molecular formula is C52H86O15. The standard InChI is InChI=1S/C52H86O15/c1-16-44(54)63-40(21-20-36(10)51(59)61-15)38(12)50(62-39(13)53)42(64-46(56)22-30(2)3)27-37(11)49(65-47(57)23-31(4)5)43-25-34(8)29-52(67-43)28-33(7)24-41(66-52)48(58)35(9)19-17-18-32(6)26-45(55)60-14/h19-20,30-34,37-38,40-43,48-50,58H,16-18,21-29H2,1-15H3/b35-19+,36-20+/t32?,33-,34+,37?,38?,40?,41+,42?,43+,48+,49?,50?,52+/m0/s1. The fourth-order valence-electron chi connectivity index (χ4n) is 9.32. The van der Waals surface area contributed by atoms with E-state index in [1.165, 1.54) is 21.1 Å². The van der Waals surface area contributed by atoms with Crippen molar-refractivity contribution < 1.29 is 71.8 Å². The second-order valence-corrected chi connectivity index (χ2v) is 20.5. The van der Waals surface area contributed by atoms with Gasteiger partial charge in [-0.25, -0.2) is 4.79 Å². The lowest BCUT2D eigenvalue weighted by molar-refractivity contribution is -0.347. The van der Waals surface area contributed by atoms with Crippen LogP contribution in [0.2, 0.25) is 0 Å². The minimum absolute atomic E-state index is 0.00306. The van der Waals surface area contributed by atoms with E-state index in [1.54, 1.807) is 26.8 Å². The Morgan fingerprint density at radius 1 is 0.701 bits per heavy atom. The number of allylic oxidation sites excluding steroid dienone is 1. The Balaban J connectivity index is 2.62. The summed E-state index contributed by atoms with van der Waals surface area (Å²) in [7, 11) is 2.65. The van der Waals surface area contributed by atoms with E-state index >= 15 is 0 Å². The fourth-order valence-corrected chi connectivity index (χ4v) is 9.32. The summed E-state index contributed by atoms with van der Waals surface area (Å²) < 4.78 is 48.2. The molecule has 15 nitrogen and oxygen atoms in total. The van der Waals surface area contributed by atoms with Gasteiger partial charge in [0.05, 0.1) is 26.4 Å². The monoisotopic (exact) mass is 951 g/mol. The van der Waals surface area contributed by atoms with Gasteiger partial charge in [0.1, 0.15) is 30.5 Å². The Labute approximate surface area is 401 Å². The van der Waals surface area contributed by atoms with Crippen LogP contribution in [0, 0.1) is 41.4 Å². The summed E-state index contributed by atoms with van der Waals surface area (Å²) in [6.45, 7) is 23.8. The Bertz CT molecular complexity index is 1670. The van der Waals surface area contributed by atoms with E-state index in [2.05, 4.69) is 13.8 Å². The molecule has 1 spiro atoms. The molecule has 0 aromatic carbocycles. The van der Waals surface area contributed by atoms with Gasteiger partial charge in [0.15, 0.2) is 5.79 Å². The first kappa shape index (κ1) is 59.3. The van der Waals surface area contributed by atoms with E-state index in [0.717, 1.165) is 12.0 Å². The topological polar surface area (TPSA) is 196 Å². The van der Waals surface area contributed by atoms with Crippen LogP contribution < -0.4 is 0 Å². The number of ether oxygens (including phenoxy) is 8. The second-order valence-electron chi connectivity index (χ2n) is 20.5. The molecule has 13 atom stereocenters. The fraction of sp³-hybridized carbons (Fsp3) is 0.808. The highest BCUT2D eigenvalue weighted by atomic mass is 16.7. The highest BCUT2D eigenvalue weighted by Crippen LogP contribution is 2.46. The van der Waals surface area contributed by atoms with Crippen molar-refractivity contribution >= 4 is 35.8 Å². The van der Waals surface area contributed by atoms with Gasteiger partial charge in [-0.2, -0.15) is 0 Å². The van der Waals surface area contributed by atoms with Crippen LogP contribution in [0.5, 0.6) is 0 Å². The molecule has 15 heteroatoms. The Kier molecular flexibility index (Phi) is 25.3. The number of aliphatic hydroxyl groups is 1. The molecule has 2 fully saturated rings. The molecule has 0 saturated carbocycles. The average molecular weight is 951 g/mol. The summed E-state index contributed by atoms with van der Waals surface area (Å²) in [4.78, 5) is 77.2. The predicted octanol–water partition coefficient (Wildman–Crippen LogP) is 8.94. The quantitative estimate of drug-likeness (QED) is 0.0373. The molecule has 0 aromatic heterocycles. The Hall–Kier alpha value is -3.82. The predicted molar refractivity (Wildman–Crippen MR) is 252 cm³/mol. The van der Waals surface area contributed by atoms with Crippen LogP contribution in [0.1, 0.15) is 167 Å². The van der Waals surface area contributed by atoms with Crippen molar-refractivity contribution in [3.8, 4) is 0 Å². The molecule has 384 valence electrons. The van der Waals surface area contributed by atoms with Crippen LogP contribution in [0.25, 0.3) is 0 Å². The Morgan fingerprint density at radius 3 is 1.79 bits per heavy atom. The van der Waals surface area contributed by atoms with Gasteiger partial charge in [0, 0.05) is 63.4 Å². The van der Waals surface area contributed by atoms with Crippen molar-refractivity contribution in [2.45, 2.75) is 216 Å². The van der Waals surface area contributed by atoms with Crippen molar-refractivity contribution in [2.24, 2.45) is 41.4 Å². The molecule has 2 rings (SSSR count). The number of rotatable bonds is 26. The summed E-state index contributed by atoms with van der Waals surface area (Å²) in [6, 6.07) is 0. The molecule has 0 aliphatic carbocycles. The maximum Gasteiger partial charge on any atom is 0.333 e. The molecule has 2 saturated heterocycles. The van der Waals surface area contributed by atoms with Crippen LogP contribution in [0.3, 0.4) is 0 Å². The minimum atomic E-state index is -1.14. The second kappa shape index (κ2) is 28.6. The molecular weight excluding hydrogens is 865 g/mol. The molecule has 0 radical (unpaired) electrons.